The van der Waals surface area contributed by atoms with Gasteiger partial charge in [-0.05, 0) is 5.56 Å². The highest BCUT2D eigenvalue weighted by Gasteiger charge is 1.75. The third-order valence-electron chi connectivity index (χ3n) is 1.04. The van der Waals surface area contributed by atoms with Gasteiger partial charge in [-0.2, -0.15) is 0 Å². The van der Waals surface area contributed by atoms with Gasteiger partial charge in [-0.1, -0.05) is 43.0 Å². The number of hydrogen-bond donors (Lipinski definition) is 0. The maximum Gasteiger partial charge on any atom is 0 e. The summed E-state index contributed by atoms with van der Waals surface area (Å²) in [6.45, 7) is 3.63. The van der Waals surface area contributed by atoms with Crippen LogP contribution < -0.4 is 0 Å². The quantitative estimate of drug-likeness (QED) is 0.516. The van der Waals surface area contributed by atoms with E-state index in [1.807, 2.05) is 36.4 Å². The topological polar surface area (TPSA) is 0 Å². The largest absolute Gasteiger partial charge is 0.0985 e. The fourth-order valence-corrected chi connectivity index (χ4v) is 0.589. The van der Waals surface area contributed by atoms with Crippen LogP contribution >= 0.6 is 0 Å². The first kappa shape index (κ1) is 5.10. The highest BCUT2D eigenvalue weighted by Crippen LogP contribution is 1.97. The molecule has 0 saturated carbocycles. The Labute approximate surface area is 51.0 Å². The van der Waals surface area contributed by atoms with E-state index in [1.54, 1.807) is 0 Å². The van der Waals surface area contributed by atoms with E-state index < -0.39 is 0 Å². The standard InChI is InChI=1S/C8H8.H2/c1-2-8-6-4-3-5-7-8;/h2-7H,1H2;1H. The summed E-state index contributed by atoms with van der Waals surface area (Å²) in [5.41, 5.74) is 1.17. The van der Waals surface area contributed by atoms with Crippen LogP contribution in [0.5, 0.6) is 0 Å². The molecule has 1 rings (SSSR count). The summed E-state index contributed by atoms with van der Waals surface area (Å²) >= 11 is 0. The molecule has 0 heteroatoms. The van der Waals surface area contributed by atoms with Crippen LogP contribution in [-0.2, 0) is 0 Å². The van der Waals surface area contributed by atoms with Crippen LogP contribution in [0.25, 0.3) is 6.08 Å². The molecule has 1 aromatic carbocycles. The van der Waals surface area contributed by atoms with Gasteiger partial charge in [-0.15, -0.1) is 0 Å². The van der Waals surface area contributed by atoms with Crippen molar-refractivity contribution in [2.24, 2.45) is 0 Å². The van der Waals surface area contributed by atoms with Crippen LogP contribution in [0, 0.1) is 0 Å². The minimum atomic E-state index is 0. The molecule has 0 atom stereocenters. The first-order chi connectivity index (χ1) is 3.93. The van der Waals surface area contributed by atoms with Crippen LogP contribution in [0.3, 0.4) is 0 Å². The molecule has 0 fully saturated rings. The van der Waals surface area contributed by atoms with Crippen molar-refractivity contribution >= 4 is 6.08 Å². The van der Waals surface area contributed by atoms with Gasteiger partial charge in [0.2, 0.25) is 0 Å². The van der Waals surface area contributed by atoms with Crippen molar-refractivity contribution in [1.29, 1.82) is 0 Å². The van der Waals surface area contributed by atoms with Crippen LogP contribution in [0.1, 0.15) is 6.99 Å². The molecule has 0 heterocycles. The predicted molar refractivity (Wildman–Crippen MR) is 38.6 cm³/mol. The van der Waals surface area contributed by atoms with E-state index in [4.69, 9.17) is 0 Å². The van der Waals surface area contributed by atoms with E-state index in [-0.39, 0.29) is 1.43 Å². The third kappa shape index (κ3) is 0.969. The summed E-state index contributed by atoms with van der Waals surface area (Å²) in [7, 11) is 0. The number of hydrogen-bond acceptors (Lipinski definition) is 0. The minimum absolute atomic E-state index is 0. The summed E-state index contributed by atoms with van der Waals surface area (Å²) in [5.74, 6) is 0. The molecular weight excluding hydrogens is 96.1 g/mol. The zero-order valence-electron chi connectivity index (χ0n) is 4.67. The molecule has 0 aromatic heterocycles. The van der Waals surface area contributed by atoms with Gasteiger partial charge in [0.15, 0.2) is 0 Å². The second-order valence-corrected chi connectivity index (χ2v) is 1.61. The van der Waals surface area contributed by atoms with Crippen molar-refractivity contribution in [2.75, 3.05) is 0 Å². The Hall–Kier alpha value is -1.04. The number of benzene rings is 1. The predicted octanol–water partition coefficient (Wildman–Crippen LogP) is 2.58. The van der Waals surface area contributed by atoms with E-state index in [0.29, 0.717) is 0 Å². The minimum Gasteiger partial charge on any atom is -0.0985 e. The molecule has 0 aliphatic heterocycles. The summed E-state index contributed by atoms with van der Waals surface area (Å²) in [6.07, 6.45) is 1.83. The number of rotatable bonds is 1. The summed E-state index contributed by atoms with van der Waals surface area (Å²) in [5, 5.41) is 0. The zero-order chi connectivity index (χ0) is 5.82. The monoisotopic (exact) mass is 106 g/mol. The van der Waals surface area contributed by atoms with E-state index >= 15 is 0 Å². The molecule has 0 bridgehead atoms. The Kier molecular flexibility index (Phi) is 1.48. The lowest BCUT2D eigenvalue weighted by Crippen LogP contribution is -1.63. The SMILES string of the molecule is C=Cc1ccccc1.[HH]. The Bertz CT molecular complexity index is 167. The van der Waals surface area contributed by atoms with Crippen LogP contribution in [0.4, 0.5) is 0 Å². The fraction of sp³-hybridized carbons (Fsp3) is 0. The molecule has 8 heavy (non-hydrogen) atoms. The molecular formula is C8H10. The average Bonchev–Trinajstić information content (AvgIpc) is 1.90. The van der Waals surface area contributed by atoms with Crippen molar-refractivity contribution in [3.05, 3.63) is 42.5 Å². The lowest BCUT2D eigenvalue weighted by Gasteiger charge is -1.85. The van der Waals surface area contributed by atoms with Gasteiger partial charge >= 0.3 is 0 Å². The lowest BCUT2D eigenvalue weighted by molar-refractivity contribution is 1.67. The van der Waals surface area contributed by atoms with E-state index in [0.717, 1.165) is 0 Å². The smallest absolute Gasteiger partial charge is 0 e. The van der Waals surface area contributed by atoms with Gasteiger partial charge in [0.1, 0.15) is 0 Å². The van der Waals surface area contributed by atoms with Crippen molar-refractivity contribution in [3.63, 3.8) is 0 Å². The highest BCUT2D eigenvalue weighted by molar-refractivity contribution is 5.45. The maximum absolute atomic E-state index is 3.63. The molecule has 0 amide bonds. The van der Waals surface area contributed by atoms with Gasteiger partial charge in [0.05, 0.1) is 0 Å². The van der Waals surface area contributed by atoms with Gasteiger partial charge < -0.3 is 0 Å². The van der Waals surface area contributed by atoms with Crippen LogP contribution in [-0.4, -0.2) is 0 Å². The van der Waals surface area contributed by atoms with Gasteiger partial charge in [-0.3, -0.25) is 0 Å². The van der Waals surface area contributed by atoms with Gasteiger partial charge in [0.25, 0.3) is 0 Å². The van der Waals surface area contributed by atoms with E-state index in [9.17, 15) is 0 Å². The molecule has 0 N–H and O–H groups in total. The third-order valence-corrected chi connectivity index (χ3v) is 1.04. The van der Waals surface area contributed by atoms with Crippen LogP contribution in [0.2, 0.25) is 0 Å². The normalized spacial score (nSPS) is 8.50. The summed E-state index contributed by atoms with van der Waals surface area (Å²) in [6, 6.07) is 10.0. The molecule has 0 nitrogen and oxygen atoms in total. The Morgan fingerprint density at radius 2 is 1.88 bits per heavy atom. The molecule has 0 aliphatic rings. The average molecular weight is 106 g/mol. The van der Waals surface area contributed by atoms with Crippen molar-refractivity contribution in [3.8, 4) is 0 Å². The lowest BCUT2D eigenvalue weighted by atomic mass is 10.2. The molecule has 0 radical (unpaired) electrons. The molecule has 0 spiro atoms. The van der Waals surface area contributed by atoms with Gasteiger partial charge in [-0.25, -0.2) is 0 Å². The van der Waals surface area contributed by atoms with E-state index in [2.05, 4.69) is 6.58 Å². The van der Waals surface area contributed by atoms with Gasteiger partial charge in [0, 0.05) is 1.43 Å². The molecule has 0 aliphatic carbocycles. The zero-order valence-corrected chi connectivity index (χ0v) is 4.67. The second kappa shape index (κ2) is 2.31. The molecule has 1 aromatic rings. The second-order valence-electron chi connectivity index (χ2n) is 1.61. The Morgan fingerprint density at radius 1 is 1.25 bits per heavy atom. The molecule has 42 valence electrons. The molecule has 0 saturated heterocycles. The first-order valence-corrected chi connectivity index (χ1v) is 2.61. The maximum atomic E-state index is 3.63. The van der Waals surface area contributed by atoms with E-state index in [1.165, 1.54) is 5.56 Å². The van der Waals surface area contributed by atoms with Crippen molar-refractivity contribution in [1.82, 2.24) is 0 Å². The Morgan fingerprint density at radius 3 is 2.25 bits per heavy atom. The molecule has 0 unspecified atom stereocenters. The van der Waals surface area contributed by atoms with Crippen LogP contribution in [0.15, 0.2) is 36.9 Å². The highest BCUT2D eigenvalue weighted by atomic mass is 13.8. The first-order valence-electron chi connectivity index (χ1n) is 2.61. The van der Waals surface area contributed by atoms with Crippen molar-refractivity contribution < 1.29 is 1.43 Å². The Balaban J connectivity index is 0.000000640. The fourth-order valence-electron chi connectivity index (χ4n) is 0.589. The summed E-state index contributed by atoms with van der Waals surface area (Å²) in [4.78, 5) is 0. The van der Waals surface area contributed by atoms with Crippen molar-refractivity contribution in [2.45, 2.75) is 0 Å². The summed E-state index contributed by atoms with van der Waals surface area (Å²) < 4.78 is 0.